The second-order valence-electron chi connectivity index (χ2n) is 4.56. The van der Waals surface area contributed by atoms with E-state index in [0.29, 0.717) is 5.92 Å². The van der Waals surface area contributed by atoms with Gasteiger partial charge >= 0.3 is 0 Å². The van der Waals surface area contributed by atoms with Crippen LogP contribution in [0.15, 0.2) is 12.4 Å². The summed E-state index contributed by atoms with van der Waals surface area (Å²) >= 11 is 0. The molecule has 0 saturated carbocycles. The standard InChI is InChI=1S/C12H21N3O/c1-15-9-11(8-14-15)4-5-13-7-12-3-2-6-16-10-12/h8-9,12-13H,2-7,10H2,1H3. The lowest BCUT2D eigenvalue weighted by Gasteiger charge is -2.22. The molecule has 1 aliphatic rings. The number of hydrogen-bond acceptors (Lipinski definition) is 3. The molecule has 1 unspecified atom stereocenters. The highest BCUT2D eigenvalue weighted by Gasteiger charge is 2.12. The average Bonchev–Trinajstić information content (AvgIpc) is 2.72. The zero-order valence-corrected chi connectivity index (χ0v) is 9.98. The minimum absolute atomic E-state index is 0.711. The average molecular weight is 223 g/mol. The van der Waals surface area contributed by atoms with E-state index in [0.717, 1.165) is 32.7 Å². The number of hydrogen-bond donors (Lipinski definition) is 1. The van der Waals surface area contributed by atoms with Gasteiger partial charge in [-0.3, -0.25) is 4.68 Å². The van der Waals surface area contributed by atoms with Crippen LogP contribution in [0.1, 0.15) is 18.4 Å². The Morgan fingerprint density at radius 2 is 2.56 bits per heavy atom. The molecule has 0 aliphatic carbocycles. The first-order valence-corrected chi connectivity index (χ1v) is 6.10. The number of nitrogens with zero attached hydrogens (tertiary/aromatic N) is 2. The summed E-state index contributed by atoms with van der Waals surface area (Å²) in [6.07, 6.45) is 7.59. The van der Waals surface area contributed by atoms with Gasteiger partial charge in [-0.1, -0.05) is 0 Å². The Balaban J connectivity index is 1.57. The van der Waals surface area contributed by atoms with Crippen LogP contribution >= 0.6 is 0 Å². The van der Waals surface area contributed by atoms with Crippen LogP contribution < -0.4 is 5.32 Å². The largest absolute Gasteiger partial charge is 0.381 e. The second-order valence-corrected chi connectivity index (χ2v) is 4.56. The van der Waals surface area contributed by atoms with Gasteiger partial charge in [0.05, 0.1) is 12.8 Å². The van der Waals surface area contributed by atoms with E-state index in [1.807, 2.05) is 17.9 Å². The molecular formula is C12H21N3O. The van der Waals surface area contributed by atoms with Crippen molar-refractivity contribution in [1.29, 1.82) is 0 Å². The Hall–Kier alpha value is -0.870. The number of nitrogens with one attached hydrogen (secondary N) is 1. The number of aryl methyl sites for hydroxylation is 1. The van der Waals surface area contributed by atoms with E-state index >= 15 is 0 Å². The summed E-state index contributed by atoms with van der Waals surface area (Å²) < 4.78 is 7.30. The van der Waals surface area contributed by atoms with Gasteiger partial charge in [-0.15, -0.1) is 0 Å². The second kappa shape index (κ2) is 6.01. The molecule has 1 atom stereocenters. The van der Waals surface area contributed by atoms with Crippen LogP contribution in [-0.4, -0.2) is 36.1 Å². The summed E-state index contributed by atoms with van der Waals surface area (Å²) in [5, 5.41) is 7.65. The molecule has 1 aromatic heterocycles. The summed E-state index contributed by atoms with van der Waals surface area (Å²) in [6, 6.07) is 0. The van der Waals surface area contributed by atoms with E-state index in [4.69, 9.17) is 4.74 Å². The highest BCUT2D eigenvalue weighted by Crippen LogP contribution is 2.11. The molecule has 2 rings (SSSR count). The molecule has 4 heteroatoms. The molecule has 0 aromatic carbocycles. The molecule has 2 heterocycles. The fourth-order valence-corrected chi connectivity index (χ4v) is 2.11. The molecule has 0 spiro atoms. The summed E-state index contributed by atoms with van der Waals surface area (Å²) in [6.45, 7) is 3.99. The van der Waals surface area contributed by atoms with Crippen molar-refractivity contribution in [1.82, 2.24) is 15.1 Å². The van der Waals surface area contributed by atoms with Crippen molar-refractivity contribution in [3.05, 3.63) is 18.0 Å². The van der Waals surface area contributed by atoms with E-state index in [2.05, 4.69) is 16.6 Å². The maximum Gasteiger partial charge on any atom is 0.0522 e. The van der Waals surface area contributed by atoms with Crippen molar-refractivity contribution in [2.45, 2.75) is 19.3 Å². The molecule has 0 radical (unpaired) electrons. The molecule has 90 valence electrons. The fraction of sp³-hybridized carbons (Fsp3) is 0.750. The van der Waals surface area contributed by atoms with E-state index in [9.17, 15) is 0 Å². The molecule has 1 aromatic rings. The molecule has 1 N–H and O–H groups in total. The van der Waals surface area contributed by atoms with Crippen molar-refractivity contribution in [3.8, 4) is 0 Å². The van der Waals surface area contributed by atoms with Gasteiger partial charge in [-0.2, -0.15) is 5.10 Å². The van der Waals surface area contributed by atoms with Crippen LogP contribution in [0.4, 0.5) is 0 Å². The number of aromatic nitrogens is 2. The van der Waals surface area contributed by atoms with Crippen molar-refractivity contribution in [2.75, 3.05) is 26.3 Å². The monoisotopic (exact) mass is 223 g/mol. The smallest absolute Gasteiger partial charge is 0.0522 e. The lowest BCUT2D eigenvalue weighted by atomic mass is 10.0. The van der Waals surface area contributed by atoms with Crippen LogP contribution in [0.5, 0.6) is 0 Å². The van der Waals surface area contributed by atoms with Crippen molar-refractivity contribution in [2.24, 2.45) is 13.0 Å². The highest BCUT2D eigenvalue weighted by molar-refractivity contribution is 5.03. The highest BCUT2D eigenvalue weighted by atomic mass is 16.5. The Bertz CT molecular complexity index is 305. The first-order chi connectivity index (χ1) is 7.84. The molecule has 0 bridgehead atoms. The maximum atomic E-state index is 5.45. The summed E-state index contributed by atoms with van der Waals surface area (Å²) in [7, 11) is 1.95. The Morgan fingerprint density at radius 1 is 1.62 bits per heavy atom. The zero-order chi connectivity index (χ0) is 11.2. The van der Waals surface area contributed by atoms with Crippen LogP contribution in [0, 0.1) is 5.92 Å². The van der Waals surface area contributed by atoms with E-state index in [1.165, 1.54) is 18.4 Å². The van der Waals surface area contributed by atoms with Gasteiger partial charge in [0.1, 0.15) is 0 Å². The fourth-order valence-electron chi connectivity index (χ4n) is 2.11. The topological polar surface area (TPSA) is 39.1 Å². The minimum atomic E-state index is 0.711. The first-order valence-electron chi connectivity index (χ1n) is 6.10. The third-order valence-corrected chi connectivity index (χ3v) is 3.04. The van der Waals surface area contributed by atoms with E-state index < -0.39 is 0 Å². The van der Waals surface area contributed by atoms with Gasteiger partial charge < -0.3 is 10.1 Å². The van der Waals surface area contributed by atoms with Gasteiger partial charge in [-0.05, 0) is 37.3 Å². The normalized spacial score (nSPS) is 21.2. The molecule has 0 amide bonds. The molecule has 16 heavy (non-hydrogen) atoms. The first kappa shape index (κ1) is 11.6. The third-order valence-electron chi connectivity index (χ3n) is 3.04. The summed E-state index contributed by atoms with van der Waals surface area (Å²) in [5.41, 5.74) is 1.30. The van der Waals surface area contributed by atoms with E-state index in [-0.39, 0.29) is 0 Å². The third kappa shape index (κ3) is 3.61. The van der Waals surface area contributed by atoms with Crippen molar-refractivity contribution < 1.29 is 4.74 Å². The van der Waals surface area contributed by atoms with Crippen LogP contribution in [0.2, 0.25) is 0 Å². The predicted octanol–water partition coefficient (Wildman–Crippen LogP) is 0.979. The summed E-state index contributed by atoms with van der Waals surface area (Å²) in [4.78, 5) is 0. The molecule has 1 fully saturated rings. The lowest BCUT2D eigenvalue weighted by Crippen LogP contribution is -2.30. The quantitative estimate of drug-likeness (QED) is 0.756. The maximum absolute atomic E-state index is 5.45. The number of ether oxygens (including phenoxy) is 1. The van der Waals surface area contributed by atoms with Crippen molar-refractivity contribution in [3.63, 3.8) is 0 Å². The SMILES string of the molecule is Cn1cc(CCNCC2CCCOC2)cn1. The molecule has 1 aliphatic heterocycles. The zero-order valence-electron chi connectivity index (χ0n) is 9.98. The Labute approximate surface area is 97.0 Å². The Kier molecular flexibility index (Phi) is 4.36. The van der Waals surface area contributed by atoms with Gasteiger partial charge in [0.2, 0.25) is 0 Å². The molecule has 1 saturated heterocycles. The van der Waals surface area contributed by atoms with E-state index in [1.54, 1.807) is 0 Å². The van der Waals surface area contributed by atoms with Crippen LogP contribution in [-0.2, 0) is 18.2 Å². The van der Waals surface area contributed by atoms with Gasteiger partial charge in [0.25, 0.3) is 0 Å². The molecule has 4 nitrogen and oxygen atoms in total. The van der Waals surface area contributed by atoms with Crippen molar-refractivity contribution >= 4 is 0 Å². The molecular weight excluding hydrogens is 202 g/mol. The Morgan fingerprint density at radius 3 is 3.25 bits per heavy atom. The van der Waals surface area contributed by atoms with Crippen LogP contribution in [0.25, 0.3) is 0 Å². The number of rotatable bonds is 5. The van der Waals surface area contributed by atoms with Crippen LogP contribution in [0.3, 0.4) is 0 Å². The lowest BCUT2D eigenvalue weighted by molar-refractivity contribution is 0.0550. The minimum Gasteiger partial charge on any atom is -0.381 e. The van der Waals surface area contributed by atoms with Gasteiger partial charge in [0.15, 0.2) is 0 Å². The van der Waals surface area contributed by atoms with Gasteiger partial charge in [-0.25, -0.2) is 0 Å². The van der Waals surface area contributed by atoms with Gasteiger partial charge in [0, 0.05) is 26.4 Å². The summed E-state index contributed by atoms with van der Waals surface area (Å²) in [5.74, 6) is 0.711. The predicted molar refractivity (Wildman–Crippen MR) is 63.3 cm³/mol.